The molecular weight excluding hydrogens is 280 g/mol. The van der Waals surface area contributed by atoms with Crippen LogP contribution in [0.1, 0.15) is 43.6 Å². The van der Waals surface area contributed by atoms with Crippen molar-refractivity contribution in [3.8, 4) is 0 Å². The van der Waals surface area contributed by atoms with Crippen LogP contribution in [0.2, 0.25) is 0 Å². The first-order valence-corrected chi connectivity index (χ1v) is 8.22. The van der Waals surface area contributed by atoms with Gasteiger partial charge in [0.2, 0.25) is 0 Å². The van der Waals surface area contributed by atoms with Gasteiger partial charge in [0.05, 0.1) is 11.7 Å². The van der Waals surface area contributed by atoms with Crippen LogP contribution in [0.15, 0.2) is 23.0 Å². The summed E-state index contributed by atoms with van der Waals surface area (Å²) >= 11 is 1.73. The Morgan fingerprint density at radius 1 is 1.43 bits per heavy atom. The van der Waals surface area contributed by atoms with Gasteiger partial charge in [0.15, 0.2) is 0 Å². The molecule has 1 atom stereocenters. The average Bonchev–Trinajstić information content (AvgIpc) is 2.99. The van der Waals surface area contributed by atoms with E-state index in [0.717, 1.165) is 12.2 Å². The highest BCUT2D eigenvalue weighted by Gasteiger charge is 2.28. The van der Waals surface area contributed by atoms with Crippen LogP contribution in [-0.2, 0) is 19.0 Å². The number of aromatic nitrogens is 2. The highest BCUT2D eigenvalue weighted by atomic mass is 32.1. The number of aryl methyl sites for hydroxylation is 1. The molecule has 0 amide bonds. The maximum atomic E-state index is 6.08. The molecule has 0 aromatic carbocycles. The second kappa shape index (κ2) is 6.30. The molecule has 0 bridgehead atoms. The van der Waals surface area contributed by atoms with E-state index in [1.807, 2.05) is 11.7 Å². The van der Waals surface area contributed by atoms with Crippen molar-refractivity contribution in [3.63, 3.8) is 0 Å². The minimum Gasteiger partial charge on any atom is -0.329 e. The Bertz CT molecular complexity index is 566. The van der Waals surface area contributed by atoms with Crippen molar-refractivity contribution in [2.24, 2.45) is 12.8 Å². The Morgan fingerprint density at radius 2 is 2.14 bits per heavy atom. The molecule has 116 valence electrons. The summed E-state index contributed by atoms with van der Waals surface area (Å²) in [5, 5.41) is 8.98. The smallest absolute Gasteiger partial charge is 0.0726 e. The number of rotatable bonds is 5. The number of hydrogen-bond acceptors (Lipinski definition) is 4. The molecule has 21 heavy (non-hydrogen) atoms. The van der Waals surface area contributed by atoms with E-state index in [-0.39, 0.29) is 11.5 Å². The molecular formula is C16H26N4S. The monoisotopic (exact) mass is 306 g/mol. The lowest BCUT2D eigenvalue weighted by Crippen LogP contribution is -2.31. The number of thiophene rings is 1. The Kier molecular flexibility index (Phi) is 4.86. The number of nitrogens with two attached hydrogens (primary N) is 1. The molecule has 0 aliphatic carbocycles. The predicted molar refractivity (Wildman–Crippen MR) is 89.5 cm³/mol. The van der Waals surface area contributed by atoms with Crippen molar-refractivity contribution >= 4 is 11.3 Å². The summed E-state index contributed by atoms with van der Waals surface area (Å²) in [6, 6.07) is 2.36. The van der Waals surface area contributed by atoms with Gasteiger partial charge in [-0.15, -0.1) is 0 Å². The molecule has 0 spiro atoms. The fourth-order valence-corrected chi connectivity index (χ4v) is 3.32. The summed E-state index contributed by atoms with van der Waals surface area (Å²) < 4.78 is 1.90. The van der Waals surface area contributed by atoms with E-state index in [1.165, 1.54) is 11.1 Å². The predicted octanol–water partition coefficient (Wildman–Crippen LogP) is 2.91. The Hall–Kier alpha value is -1.17. The third kappa shape index (κ3) is 3.73. The van der Waals surface area contributed by atoms with Gasteiger partial charge in [-0.2, -0.15) is 16.4 Å². The average molecular weight is 306 g/mol. The van der Waals surface area contributed by atoms with Gasteiger partial charge in [0.25, 0.3) is 0 Å². The van der Waals surface area contributed by atoms with Crippen LogP contribution in [0.25, 0.3) is 0 Å². The molecule has 2 rings (SSSR count). The number of likely N-dealkylation sites (N-methyl/N-ethyl adjacent to an activating group) is 1. The van der Waals surface area contributed by atoms with E-state index in [4.69, 9.17) is 5.73 Å². The molecule has 5 heteroatoms. The van der Waals surface area contributed by atoms with Gasteiger partial charge in [-0.1, -0.05) is 20.8 Å². The normalized spacial score (nSPS) is 13.9. The first kappa shape index (κ1) is 16.2. The SMILES string of the molecule is CN(Cc1ccsc1)C(CN)c1cn(C)nc1C(C)(C)C. The fraction of sp³-hybridized carbons (Fsp3) is 0.562. The standard InChI is InChI=1S/C16H26N4S/c1-16(2,3)15-13(10-20(5)18-15)14(8-17)19(4)9-12-6-7-21-11-12/h6-7,10-11,14H,8-9,17H2,1-5H3. The lowest BCUT2D eigenvalue weighted by molar-refractivity contribution is 0.239. The lowest BCUT2D eigenvalue weighted by Gasteiger charge is -2.29. The number of hydrogen-bond donors (Lipinski definition) is 1. The zero-order valence-corrected chi connectivity index (χ0v) is 14.4. The fourth-order valence-electron chi connectivity index (χ4n) is 2.66. The molecule has 0 saturated heterocycles. The summed E-state index contributed by atoms with van der Waals surface area (Å²) in [6.07, 6.45) is 2.11. The summed E-state index contributed by atoms with van der Waals surface area (Å²) in [6.45, 7) is 8.10. The van der Waals surface area contributed by atoms with Crippen molar-refractivity contribution in [3.05, 3.63) is 39.8 Å². The van der Waals surface area contributed by atoms with Gasteiger partial charge >= 0.3 is 0 Å². The quantitative estimate of drug-likeness (QED) is 0.924. The minimum absolute atomic E-state index is 0.0211. The van der Waals surface area contributed by atoms with Gasteiger partial charge in [0, 0.05) is 37.3 Å². The van der Waals surface area contributed by atoms with E-state index in [9.17, 15) is 0 Å². The molecule has 0 aliphatic rings. The van der Waals surface area contributed by atoms with Crippen LogP contribution in [0, 0.1) is 0 Å². The van der Waals surface area contributed by atoms with Gasteiger partial charge in [-0.3, -0.25) is 9.58 Å². The van der Waals surface area contributed by atoms with Gasteiger partial charge < -0.3 is 5.73 Å². The largest absolute Gasteiger partial charge is 0.329 e. The molecule has 4 nitrogen and oxygen atoms in total. The van der Waals surface area contributed by atoms with Crippen molar-refractivity contribution in [2.75, 3.05) is 13.6 Å². The van der Waals surface area contributed by atoms with Gasteiger partial charge in [0.1, 0.15) is 0 Å². The zero-order valence-electron chi connectivity index (χ0n) is 13.6. The third-order valence-electron chi connectivity index (χ3n) is 3.69. The van der Waals surface area contributed by atoms with Crippen molar-refractivity contribution < 1.29 is 0 Å². The minimum atomic E-state index is 0.0211. The molecule has 0 radical (unpaired) electrons. The highest BCUT2D eigenvalue weighted by Crippen LogP contribution is 2.31. The molecule has 1 unspecified atom stereocenters. The highest BCUT2D eigenvalue weighted by molar-refractivity contribution is 7.07. The molecule has 2 N–H and O–H groups in total. The second-order valence-corrected chi connectivity index (χ2v) is 7.43. The maximum Gasteiger partial charge on any atom is 0.0726 e. The van der Waals surface area contributed by atoms with E-state index < -0.39 is 0 Å². The van der Waals surface area contributed by atoms with Crippen LogP contribution >= 0.6 is 11.3 Å². The third-order valence-corrected chi connectivity index (χ3v) is 4.43. The Labute approximate surface area is 131 Å². The molecule has 0 fully saturated rings. The topological polar surface area (TPSA) is 47.1 Å². The molecule has 2 aromatic rings. The summed E-state index contributed by atoms with van der Waals surface area (Å²) in [5.74, 6) is 0. The van der Waals surface area contributed by atoms with Gasteiger partial charge in [-0.05, 0) is 29.4 Å². The molecule has 0 saturated carbocycles. The van der Waals surface area contributed by atoms with Crippen LogP contribution in [0.3, 0.4) is 0 Å². The Balaban J connectivity index is 2.29. The Morgan fingerprint density at radius 3 is 2.67 bits per heavy atom. The second-order valence-electron chi connectivity index (χ2n) is 6.65. The van der Waals surface area contributed by atoms with E-state index in [0.29, 0.717) is 6.54 Å². The van der Waals surface area contributed by atoms with Crippen LogP contribution in [-0.4, -0.2) is 28.3 Å². The summed E-state index contributed by atoms with van der Waals surface area (Å²) in [5.41, 5.74) is 9.81. The summed E-state index contributed by atoms with van der Waals surface area (Å²) in [4.78, 5) is 2.31. The maximum absolute atomic E-state index is 6.08. The first-order valence-electron chi connectivity index (χ1n) is 7.28. The van der Waals surface area contributed by atoms with E-state index in [2.05, 4.69) is 60.8 Å². The molecule has 2 aromatic heterocycles. The number of nitrogens with zero attached hydrogens (tertiary/aromatic N) is 3. The van der Waals surface area contributed by atoms with Crippen LogP contribution < -0.4 is 5.73 Å². The van der Waals surface area contributed by atoms with Crippen molar-refractivity contribution in [1.82, 2.24) is 14.7 Å². The zero-order chi connectivity index (χ0) is 15.6. The van der Waals surface area contributed by atoms with Crippen LogP contribution in [0.4, 0.5) is 0 Å². The van der Waals surface area contributed by atoms with E-state index >= 15 is 0 Å². The van der Waals surface area contributed by atoms with Gasteiger partial charge in [-0.25, -0.2) is 0 Å². The lowest BCUT2D eigenvalue weighted by atomic mass is 9.87. The molecule has 0 aliphatic heterocycles. The van der Waals surface area contributed by atoms with Crippen molar-refractivity contribution in [1.29, 1.82) is 0 Å². The van der Waals surface area contributed by atoms with Crippen molar-refractivity contribution in [2.45, 2.75) is 38.8 Å². The first-order chi connectivity index (χ1) is 9.82. The van der Waals surface area contributed by atoms with E-state index in [1.54, 1.807) is 11.3 Å². The molecule has 2 heterocycles. The summed E-state index contributed by atoms with van der Waals surface area (Å²) in [7, 11) is 4.11. The van der Waals surface area contributed by atoms with Crippen LogP contribution in [0.5, 0.6) is 0 Å².